The molecule has 8 heteroatoms. The standard InChI is InChI=1S/C23H41NO7/c1-3-4-10-15-20(30-22(28)18-13-16-21(26)27)19(25)14-11-8-6-5-7-9-12-17-23(29)31-24-2/h11,14,19-20,24-25H,3-10,12-13,15-18H2,1-2H3,(H,26,27)/b14-11+. The Morgan fingerprint density at radius 2 is 1.58 bits per heavy atom. The summed E-state index contributed by atoms with van der Waals surface area (Å²) in [6.07, 6.45) is 11.9. The summed E-state index contributed by atoms with van der Waals surface area (Å²) in [5.74, 6) is -1.64. The fourth-order valence-corrected chi connectivity index (χ4v) is 3.09. The van der Waals surface area contributed by atoms with Crippen LogP contribution in [0.15, 0.2) is 12.2 Å². The van der Waals surface area contributed by atoms with Gasteiger partial charge in [0, 0.05) is 26.3 Å². The molecule has 8 nitrogen and oxygen atoms in total. The van der Waals surface area contributed by atoms with Gasteiger partial charge in [0.15, 0.2) is 0 Å². The van der Waals surface area contributed by atoms with Crippen LogP contribution in [-0.4, -0.2) is 47.4 Å². The first-order valence-corrected chi connectivity index (χ1v) is 11.5. The maximum atomic E-state index is 12.0. The lowest BCUT2D eigenvalue weighted by molar-refractivity contribution is -0.154. The monoisotopic (exact) mass is 443 g/mol. The number of aliphatic hydroxyl groups excluding tert-OH is 1. The molecule has 0 aliphatic carbocycles. The second-order valence-electron chi connectivity index (χ2n) is 7.67. The molecular weight excluding hydrogens is 402 g/mol. The maximum absolute atomic E-state index is 12.0. The number of hydrogen-bond acceptors (Lipinski definition) is 7. The highest BCUT2D eigenvalue weighted by Gasteiger charge is 2.21. The average Bonchev–Trinajstić information content (AvgIpc) is 2.71. The van der Waals surface area contributed by atoms with Crippen LogP contribution < -0.4 is 5.48 Å². The molecule has 180 valence electrons. The number of hydroxylamine groups is 1. The lowest BCUT2D eigenvalue weighted by Crippen LogP contribution is -2.30. The first-order chi connectivity index (χ1) is 14.9. The number of esters is 1. The Bertz CT molecular complexity index is 522. The van der Waals surface area contributed by atoms with E-state index in [-0.39, 0.29) is 25.2 Å². The molecule has 0 saturated carbocycles. The van der Waals surface area contributed by atoms with E-state index < -0.39 is 24.1 Å². The number of rotatable bonds is 20. The first kappa shape index (κ1) is 29.1. The van der Waals surface area contributed by atoms with E-state index in [9.17, 15) is 19.5 Å². The largest absolute Gasteiger partial charge is 0.481 e. The normalized spacial score (nSPS) is 13.1. The number of hydrogen-bond donors (Lipinski definition) is 3. The zero-order valence-corrected chi connectivity index (χ0v) is 19.1. The molecule has 0 heterocycles. The molecule has 0 aromatic carbocycles. The van der Waals surface area contributed by atoms with Crippen molar-refractivity contribution in [2.45, 2.75) is 109 Å². The fraction of sp³-hybridized carbons (Fsp3) is 0.783. The molecule has 2 unspecified atom stereocenters. The van der Waals surface area contributed by atoms with Crippen LogP contribution in [0, 0.1) is 0 Å². The summed E-state index contributed by atoms with van der Waals surface area (Å²) in [6, 6.07) is 0. The number of ether oxygens (including phenoxy) is 1. The second kappa shape index (κ2) is 20.0. The van der Waals surface area contributed by atoms with Crippen molar-refractivity contribution in [3.8, 4) is 0 Å². The SMILES string of the molecule is CCCCCC(OC(=O)CCCC(=O)O)C(O)/C=C/CCCCCCCC(=O)ONC. The molecule has 0 radical (unpaired) electrons. The van der Waals surface area contributed by atoms with E-state index in [1.54, 1.807) is 13.1 Å². The molecule has 0 saturated heterocycles. The van der Waals surface area contributed by atoms with Crippen LogP contribution in [0.2, 0.25) is 0 Å². The van der Waals surface area contributed by atoms with Crippen molar-refractivity contribution in [3.05, 3.63) is 12.2 Å². The maximum Gasteiger partial charge on any atom is 0.324 e. The van der Waals surface area contributed by atoms with Crippen LogP contribution in [0.25, 0.3) is 0 Å². The van der Waals surface area contributed by atoms with Crippen LogP contribution >= 0.6 is 0 Å². The van der Waals surface area contributed by atoms with Gasteiger partial charge >= 0.3 is 17.9 Å². The van der Waals surface area contributed by atoms with Gasteiger partial charge in [0.2, 0.25) is 0 Å². The van der Waals surface area contributed by atoms with Crippen LogP contribution in [0.3, 0.4) is 0 Å². The number of unbranched alkanes of at least 4 members (excludes halogenated alkanes) is 7. The summed E-state index contributed by atoms with van der Waals surface area (Å²) in [7, 11) is 1.56. The first-order valence-electron chi connectivity index (χ1n) is 11.5. The molecule has 31 heavy (non-hydrogen) atoms. The highest BCUT2D eigenvalue weighted by Crippen LogP contribution is 2.15. The number of carboxylic acid groups (broad SMARTS) is 1. The van der Waals surface area contributed by atoms with E-state index in [0.29, 0.717) is 12.8 Å². The minimum Gasteiger partial charge on any atom is -0.481 e. The number of carbonyl (C=O) groups excluding carboxylic acids is 2. The van der Waals surface area contributed by atoms with Gasteiger partial charge in [0.25, 0.3) is 0 Å². The van der Waals surface area contributed by atoms with Crippen molar-refractivity contribution in [2.75, 3.05) is 7.05 Å². The van der Waals surface area contributed by atoms with E-state index in [0.717, 1.165) is 57.8 Å². The van der Waals surface area contributed by atoms with Crippen molar-refractivity contribution in [1.29, 1.82) is 0 Å². The molecule has 0 aliphatic rings. The number of aliphatic hydroxyl groups is 1. The minimum atomic E-state index is -0.938. The summed E-state index contributed by atoms with van der Waals surface area (Å²) >= 11 is 0. The molecule has 0 spiro atoms. The minimum absolute atomic E-state index is 0.0414. The third-order valence-corrected chi connectivity index (χ3v) is 4.83. The topological polar surface area (TPSA) is 122 Å². The smallest absolute Gasteiger partial charge is 0.324 e. The van der Waals surface area contributed by atoms with Crippen LogP contribution in [0.4, 0.5) is 0 Å². The number of carbonyl (C=O) groups is 3. The predicted octanol–water partition coefficient (Wildman–Crippen LogP) is 4.06. The van der Waals surface area contributed by atoms with Crippen molar-refractivity contribution in [2.24, 2.45) is 0 Å². The summed E-state index contributed by atoms with van der Waals surface area (Å²) in [5, 5.41) is 19.1. The Hall–Kier alpha value is -1.93. The van der Waals surface area contributed by atoms with Crippen LogP contribution in [0.5, 0.6) is 0 Å². The van der Waals surface area contributed by atoms with Gasteiger partial charge in [-0.15, -0.1) is 0 Å². The van der Waals surface area contributed by atoms with E-state index >= 15 is 0 Å². The third kappa shape index (κ3) is 18.5. The molecule has 2 atom stereocenters. The number of aliphatic carboxylic acids is 1. The lowest BCUT2D eigenvalue weighted by Gasteiger charge is -2.21. The van der Waals surface area contributed by atoms with Gasteiger partial charge in [0.05, 0.1) is 0 Å². The molecule has 3 N–H and O–H groups in total. The second-order valence-corrected chi connectivity index (χ2v) is 7.67. The summed E-state index contributed by atoms with van der Waals surface area (Å²) in [6.45, 7) is 2.08. The van der Waals surface area contributed by atoms with Gasteiger partial charge in [0.1, 0.15) is 12.2 Å². The van der Waals surface area contributed by atoms with Crippen molar-refractivity contribution in [1.82, 2.24) is 5.48 Å². The zero-order chi connectivity index (χ0) is 23.3. The number of nitrogens with one attached hydrogen (secondary N) is 1. The summed E-state index contributed by atoms with van der Waals surface area (Å²) < 4.78 is 5.42. The van der Waals surface area contributed by atoms with Gasteiger partial charge in [-0.2, -0.15) is 5.48 Å². The van der Waals surface area contributed by atoms with Crippen LogP contribution in [-0.2, 0) is 24.0 Å². The van der Waals surface area contributed by atoms with E-state index in [1.165, 1.54) is 0 Å². The lowest BCUT2D eigenvalue weighted by atomic mass is 10.0. The van der Waals surface area contributed by atoms with Gasteiger partial charge < -0.3 is 19.8 Å². The van der Waals surface area contributed by atoms with E-state index in [1.807, 2.05) is 6.08 Å². The third-order valence-electron chi connectivity index (χ3n) is 4.83. The Morgan fingerprint density at radius 1 is 0.903 bits per heavy atom. The summed E-state index contributed by atoms with van der Waals surface area (Å²) in [5.41, 5.74) is 2.37. The molecule has 0 aliphatic heterocycles. The average molecular weight is 444 g/mol. The Labute approximate surface area is 186 Å². The van der Waals surface area contributed by atoms with Crippen molar-refractivity contribution >= 4 is 17.9 Å². The number of allylic oxidation sites excluding steroid dienone is 1. The van der Waals surface area contributed by atoms with Gasteiger partial charge in [-0.1, -0.05) is 51.2 Å². The summed E-state index contributed by atoms with van der Waals surface area (Å²) in [4.78, 5) is 38.4. The molecule has 0 aromatic rings. The number of carboxylic acids is 1. The fourth-order valence-electron chi connectivity index (χ4n) is 3.09. The van der Waals surface area contributed by atoms with E-state index in [4.69, 9.17) is 9.84 Å². The Kier molecular flexibility index (Phi) is 18.8. The molecular formula is C23H41NO7. The Balaban J connectivity index is 4.16. The van der Waals surface area contributed by atoms with E-state index in [2.05, 4.69) is 17.2 Å². The van der Waals surface area contributed by atoms with Gasteiger partial charge in [-0.05, 0) is 38.5 Å². The van der Waals surface area contributed by atoms with Gasteiger partial charge in [-0.3, -0.25) is 14.4 Å². The highest BCUT2D eigenvalue weighted by atomic mass is 16.7. The molecule has 0 amide bonds. The van der Waals surface area contributed by atoms with Crippen LogP contribution in [0.1, 0.15) is 96.8 Å². The quantitative estimate of drug-likeness (QED) is 0.111. The predicted molar refractivity (Wildman–Crippen MR) is 118 cm³/mol. The molecule has 0 rings (SSSR count). The zero-order valence-electron chi connectivity index (χ0n) is 19.1. The Morgan fingerprint density at radius 3 is 2.26 bits per heavy atom. The highest BCUT2D eigenvalue weighted by molar-refractivity contribution is 5.71. The van der Waals surface area contributed by atoms with Crippen molar-refractivity contribution < 1.29 is 34.2 Å². The van der Waals surface area contributed by atoms with Crippen molar-refractivity contribution in [3.63, 3.8) is 0 Å². The molecule has 0 aromatic heterocycles. The van der Waals surface area contributed by atoms with Gasteiger partial charge in [-0.25, -0.2) is 0 Å². The molecule has 0 fully saturated rings. The molecule has 0 bridgehead atoms.